The van der Waals surface area contributed by atoms with Crippen LogP contribution in [0.2, 0.25) is 0 Å². The Kier molecular flexibility index (Phi) is 10.5. The summed E-state index contributed by atoms with van der Waals surface area (Å²) >= 11 is 0. The molecule has 0 aliphatic carbocycles. The minimum atomic E-state index is -0.0324. The van der Waals surface area contributed by atoms with E-state index in [2.05, 4.69) is 37.5 Å². The van der Waals surface area contributed by atoms with Crippen LogP contribution in [0, 0.1) is 0 Å². The molecule has 0 aromatic carbocycles. The minimum Gasteiger partial charge on any atom is -0.393 e. The highest BCUT2D eigenvalue weighted by Gasteiger charge is 2.18. The number of piperidine rings is 2. The molecule has 122 valence electrons. The maximum absolute atomic E-state index is 9.18. The lowest BCUT2D eigenvalue weighted by Crippen LogP contribution is -2.39. The minimum absolute atomic E-state index is 0. The monoisotopic (exact) mass is 286 g/mol. The maximum Gasteiger partial charge on any atom is 0.0564 e. The molecule has 3 nitrogen and oxygen atoms in total. The summed E-state index contributed by atoms with van der Waals surface area (Å²) in [5.41, 5.74) is 0. The predicted octanol–water partition coefficient (Wildman–Crippen LogP) is 3.37. The van der Waals surface area contributed by atoms with Crippen molar-refractivity contribution in [1.82, 2.24) is 9.80 Å². The SMILES string of the molecule is C.CC(C)N1CCC(O)CC1.CC(C)N1CCCCC1. The number of hydrogen-bond donors (Lipinski definition) is 1. The molecule has 0 radical (unpaired) electrons. The van der Waals surface area contributed by atoms with Crippen molar-refractivity contribution in [2.75, 3.05) is 26.2 Å². The van der Waals surface area contributed by atoms with Gasteiger partial charge in [0, 0.05) is 25.2 Å². The van der Waals surface area contributed by atoms with Gasteiger partial charge in [0.05, 0.1) is 6.10 Å². The molecule has 2 saturated heterocycles. The maximum atomic E-state index is 9.18. The van der Waals surface area contributed by atoms with Crippen LogP contribution in [0.3, 0.4) is 0 Å². The van der Waals surface area contributed by atoms with E-state index in [1.807, 2.05) is 0 Å². The highest BCUT2D eigenvalue weighted by atomic mass is 16.3. The normalized spacial score (nSPS) is 22.4. The van der Waals surface area contributed by atoms with Gasteiger partial charge in [0.15, 0.2) is 0 Å². The second-order valence-electron chi connectivity index (χ2n) is 6.55. The topological polar surface area (TPSA) is 26.7 Å². The summed E-state index contributed by atoms with van der Waals surface area (Å²) in [6.07, 6.45) is 6.16. The first kappa shape index (κ1) is 19.9. The van der Waals surface area contributed by atoms with Gasteiger partial charge in [-0.25, -0.2) is 0 Å². The first-order chi connectivity index (χ1) is 9.00. The van der Waals surface area contributed by atoms with Gasteiger partial charge in [0.1, 0.15) is 0 Å². The van der Waals surface area contributed by atoms with E-state index in [0.29, 0.717) is 6.04 Å². The van der Waals surface area contributed by atoms with Gasteiger partial charge in [-0.15, -0.1) is 0 Å². The molecule has 2 fully saturated rings. The number of aliphatic hydroxyl groups excluding tert-OH is 1. The Bertz CT molecular complexity index is 217. The molecule has 0 bridgehead atoms. The van der Waals surface area contributed by atoms with E-state index in [4.69, 9.17) is 0 Å². The van der Waals surface area contributed by atoms with E-state index in [9.17, 15) is 5.11 Å². The van der Waals surface area contributed by atoms with Gasteiger partial charge < -0.3 is 14.9 Å². The van der Waals surface area contributed by atoms with Crippen LogP contribution in [-0.4, -0.2) is 59.3 Å². The van der Waals surface area contributed by atoms with E-state index in [1.165, 1.54) is 32.4 Å². The smallest absolute Gasteiger partial charge is 0.0564 e. The number of rotatable bonds is 2. The Hall–Kier alpha value is -0.120. The molecule has 2 aliphatic heterocycles. The summed E-state index contributed by atoms with van der Waals surface area (Å²) in [4.78, 5) is 4.97. The molecule has 2 aliphatic rings. The Labute approximate surface area is 127 Å². The van der Waals surface area contributed by atoms with Crippen LogP contribution in [0.4, 0.5) is 0 Å². The molecule has 0 aromatic rings. The molecule has 0 saturated carbocycles. The van der Waals surface area contributed by atoms with E-state index >= 15 is 0 Å². The summed E-state index contributed by atoms with van der Waals surface area (Å²) in [6.45, 7) is 13.8. The van der Waals surface area contributed by atoms with Gasteiger partial charge in [-0.1, -0.05) is 13.8 Å². The Morgan fingerprint density at radius 3 is 1.50 bits per heavy atom. The molecule has 3 heteroatoms. The molecular weight excluding hydrogens is 248 g/mol. The van der Waals surface area contributed by atoms with Crippen LogP contribution in [0.25, 0.3) is 0 Å². The standard InChI is InChI=1S/C8H17NO.C8H17N.CH4/c1-7(2)9-5-3-8(10)4-6-9;1-8(2)9-6-4-3-5-7-9;/h7-8,10H,3-6H2,1-2H3;8H,3-7H2,1-2H3;1H4. The van der Waals surface area contributed by atoms with Crippen LogP contribution >= 0.6 is 0 Å². The first-order valence-corrected chi connectivity index (χ1v) is 8.17. The Balaban J connectivity index is 0.000000345. The average Bonchev–Trinajstić information content (AvgIpc) is 2.41. The van der Waals surface area contributed by atoms with Gasteiger partial charge in [0.2, 0.25) is 0 Å². The zero-order valence-corrected chi connectivity index (χ0v) is 13.4. The van der Waals surface area contributed by atoms with Crippen molar-refractivity contribution in [3.8, 4) is 0 Å². The van der Waals surface area contributed by atoms with Crippen LogP contribution < -0.4 is 0 Å². The van der Waals surface area contributed by atoms with Gasteiger partial charge in [-0.2, -0.15) is 0 Å². The van der Waals surface area contributed by atoms with Gasteiger partial charge in [0.25, 0.3) is 0 Å². The lowest BCUT2D eigenvalue weighted by molar-refractivity contribution is 0.0685. The quantitative estimate of drug-likeness (QED) is 0.843. The molecule has 20 heavy (non-hydrogen) atoms. The molecule has 1 N–H and O–H groups in total. The fraction of sp³-hybridized carbons (Fsp3) is 1.00. The van der Waals surface area contributed by atoms with Crippen molar-refractivity contribution < 1.29 is 5.11 Å². The molecule has 0 unspecified atom stereocenters. The van der Waals surface area contributed by atoms with Crippen molar-refractivity contribution >= 4 is 0 Å². The molecule has 0 spiro atoms. The van der Waals surface area contributed by atoms with Gasteiger partial charge in [-0.3, -0.25) is 0 Å². The van der Waals surface area contributed by atoms with Crippen molar-refractivity contribution in [3.63, 3.8) is 0 Å². The van der Waals surface area contributed by atoms with E-state index in [-0.39, 0.29) is 13.5 Å². The fourth-order valence-electron chi connectivity index (χ4n) is 2.84. The van der Waals surface area contributed by atoms with Crippen molar-refractivity contribution in [1.29, 1.82) is 0 Å². The third-order valence-corrected chi connectivity index (χ3v) is 4.35. The summed E-state index contributed by atoms with van der Waals surface area (Å²) in [5.74, 6) is 0. The van der Waals surface area contributed by atoms with Crippen LogP contribution in [0.15, 0.2) is 0 Å². The molecule has 2 heterocycles. The van der Waals surface area contributed by atoms with Crippen LogP contribution in [0.5, 0.6) is 0 Å². The largest absolute Gasteiger partial charge is 0.393 e. The zero-order valence-electron chi connectivity index (χ0n) is 13.4. The number of aliphatic hydroxyl groups is 1. The van der Waals surface area contributed by atoms with Crippen molar-refractivity contribution in [2.45, 2.75) is 85.4 Å². The molecular formula is C17H38N2O. The van der Waals surface area contributed by atoms with E-state index < -0.39 is 0 Å². The summed E-state index contributed by atoms with van der Waals surface area (Å²) in [6, 6.07) is 1.41. The second-order valence-corrected chi connectivity index (χ2v) is 6.55. The van der Waals surface area contributed by atoms with Crippen LogP contribution in [0.1, 0.15) is 67.2 Å². The molecule has 0 atom stereocenters. The highest BCUT2D eigenvalue weighted by Crippen LogP contribution is 2.12. The second kappa shape index (κ2) is 10.6. The number of likely N-dealkylation sites (tertiary alicyclic amines) is 2. The summed E-state index contributed by atoms with van der Waals surface area (Å²) < 4.78 is 0. The molecule has 0 aromatic heterocycles. The summed E-state index contributed by atoms with van der Waals surface area (Å²) in [5, 5.41) is 9.18. The summed E-state index contributed by atoms with van der Waals surface area (Å²) in [7, 11) is 0. The number of nitrogens with zero attached hydrogens (tertiary/aromatic N) is 2. The Morgan fingerprint density at radius 2 is 1.15 bits per heavy atom. The zero-order chi connectivity index (χ0) is 14.3. The third kappa shape index (κ3) is 7.61. The van der Waals surface area contributed by atoms with Crippen LogP contribution in [-0.2, 0) is 0 Å². The fourth-order valence-corrected chi connectivity index (χ4v) is 2.84. The molecule has 0 amide bonds. The van der Waals surface area contributed by atoms with Gasteiger partial charge >= 0.3 is 0 Å². The third-order valence-electron chi connectivity index (χ3n) is 4.35. The molecule has 2 rings (SSSR count). The van der Waals surface area contributed by atoms with Gasteiger partial charge in [-0.05, 0) is 66.5 Å². The van der Waals surface area contributed by atoms with E-state index in [1.54, 1.807) is 0 Å². The lowest BCUT2D eigenvalue weighted by Gasteiger charge is -2.32. The number of hydrogen-bond acceptors (Lipinski definition) is 3. The van der Waals surface area contributed by atoms with Crippen molar-refractivity contribution in [3.05, 3.63) is 0 Å². The Morgan fingerprint density at radius 1 is 0.750 bits per heavy atom. The first-order valence-electron chi connectivity index (χ1n) is 8.17. The average molecular weight is 287 g/mol. The van der Waals surface area contributed by atoms with Crippen molar-refractivity contribution in [2.24, 2.45) is 0 Å². The lowest BCUT2D eigenvalue weighted by atomic mass is 10.1. The highest BCUT2D eigenvalue weighted by molar-refractivity contribution is 4.73. The predicted molar refractivity (Wildman–Crippen MR) is 89.2 cm³/mol. The van der Waals surface area contributed by atoms with E-state index in [0.717, 1.165) is 32.0 Å².